The molecular formula is C13H29NO2S. The van der Waals surface area contributed by atoms with Crippen molar-refractivity contribution in [3.8, 4) is 0 Å². The smallest absolute Gasteiger partial charge is 0.147 e. The summed E-state index contributed by atoms with van der Waals surface area (Å²) in [5, 5.41) is 3.47. The standard InChI is InChI=1S/C13H29NO2S/c1-5-7-13(11-14-10-12(2)3)8-6-9-17(4,15)16/h12-14H,5-11H2,1-4H3. The van der Waals surface area contributed by atoms with Gasteiger partial charge in [0.2, 0.25) is 0 Å². The van der Waals surface area contributed by atoms with Gasteiger partial charge in [0.15, 0.2) is 0 Å². The van der Waals surface area contributed by atoms with Gasteiger partial charge in [-0.3, -0.25) is 0 Å². The Morgan fingerprint density at radius 1 is 1.12 bits per heavy atom. The molecule has 0 fully saturated rings. The van der Waals surface area contributed by atoms with Gasteiger partial charge >= 0.3 is 0 Å². The Morgan fingerprint density at radius 2 is 1.76 bits per heavy atom. The summed E-state index contributed by atoms with van der Waals surface area (Å²) in [5.41, 5.74) is 0. The van der Waals surface area contributed by atoms with Crippen LogP contribution in [0.15, 0.2) is 0 Å². The predicted molar refractivity (Wildman–Crippen MR) is 75.1 cm³/mol. The highest BCUT2D eigenvalue weighted by Gasteiger charge is 2.10. The van der Waals surface area contributed by atoms with Crippen LogP contribution in [0.5, 0.6) is 0 Å². The summed E-state index contributed by atoms with van der Waals surface area (Å²) in [4.78, 5) is 0. The van der Waals surface area contributed by atoms with Crippen molar-refractivity contribution >= 4 is 9.84 Å². The lowest BCUT2D eigenvalue weighted by Crippen LogP contribution is -2.26. The molecule has 0 saturated carbocycles. The van der Waals surface area contributed by atoms with Crippen molar-refractivity contribution in [1.82, 2.24) is 5.32 Å². The molecule has 0 saturated heterocycles. The van der Waals surface area contributed by atoms with Crippen molar-refractivity contribution in [2.45, 2.75) is 46.5 Å². The zero-order valence-corrected chi connectivity index (χ0v) is 12.6. The van der Waals surface area contributed by atoms with Gasteiger partial charge in [-0.25, -0.2) is 8.42 Å². The lowest BCUT2D eigenvalue weighted by molar-refractivity contribution is 0.397. The van der Waals surface area contributed by atoms with Crippen LogP contribution in [0.4, 0.5) is 0 Å². The van der Waals surface area contributed by atoms with Crippen LogP contribution in [0.1, 0.15) is 46.5 Å². The summed E-state index contributed by atoms with van der Waals surface area (Å²) in [6.45, 7) is 8.66. The maximum Gasteiger partial charge on any atom is 0.147 e. The molecular weight excluding hydrogens is 234 g/mol. The van der Waals surface area contributed by atoms with Crippen LogP contribution < -0.4 is 5.32 Å². The molecule has 0 radical (unpaired) electrons. The summed E-state index contributed by atoms with van der Waals surface area (Å²) in [5.74, 6) is 1.63. The van der Waals surface area contributed by atoms with Crippen LogP contribution in [0.2, 0.25) is 0 Å². The Morgan fingerprint density at radius 3 is 2.24 bits per heavy atom. The second-order valence-electron chi connectivity index (χ2n) is 5.48. The molecule has 0 rings (SSSR count). The monoisotopic (exact) mass is 263 g/mol. The number of nitrogens with one attached hydrogen (secondary N) is 1. The topological polar surface area (TPSA) is 46.2 Å². The summed E-state index contributed by atoms with van der Waals surface area (Å²) < 4.78 is 22.1. The average Bonchev–Trinajstić information content (AvgIpc) is 2.15. The lowest BCUT2D eigenvalue weighted by Gasteiger charge is -2.17. The summed E-state index contributed by atoms with van der Waals surface area (Å²) in [7, 11) is -2.79. The Bertz CT molecular complexity index is 273. The third kappa shape index (κ3) is 12.2. The SMILES string of the molecule is CCCC(CCCS(C)(=O)=O)CNCC(C)C. The van der Waals surface area contributed by atoms with Crippen LogP contribution in [0, 0.1) is 11.8 Å². The molecule has 1 N–H and O–H groups in total. The van der Waals surface area contributed by atoms with Gasteiger partial charge < -0.3 is 5.32 Å². The summed E-state index contributed by atoms with van der Waals surface area (Å²) >= 11 is 0. The zero-order valence-electron chi connectivity index (χ0n) is 11.8. The average molecular weight is 263 g/mol. The first-order chi connectivity index (χ1) is 7.85. The minimum Gasteiger partial charge on any atom is -0.316 e. The molecule has 1 atom stereocenters. The third-order valence-corrected chi connectivity index (χ3v) is 3.84. The molecule has 0 aliphatic heterocycles. The van der Waals surface area contributed by atoms with Crippen LogP contribution in [-0.4, -0.2) is 33.5 Å². The molecule has 0 bridgehead atoms. The second-order valence-corrected chi connectivity index (χ2v) is 7.74. The summed E-state index contributed by atoms with van der Waals surface area (Å²) in [6, 6.07) is 0. The molecule has 0 amide bonds. The fourth-order valence-corrected chi connectivity index (χ4v) is 2.66. The highest BCUT2D eigenvalue weighted by Crippen LogP contribution is 2.13. The lowest BCUT2D eigenvalue weighted by atomic mass is 9.98. The highest BCUT2D eigenvalue weighted by atomic mass is 32.2. The maximum absolute atomic E-state index is 11.1. The molecule has 0 aromatic carbocycles. The Hall–Kier alpha value is -0.0900. The zero-order chi connectivity index (χ0) is 13.3. The van der Waals surface area contributed by atoms with Crippen molar-refractivity contribution < 1.29 is 8.42 Å². The predicted octanol–water partition coefficient (Wildman–Crippen LogP) is 2.47. The summed E-state index contributed by atoms with van der Waals surface area (Å²) in [6.07, 6.45) is 5.50. The van der Waals surface area contributed by atoms with E-state index in [9.17, 15) is 8.42 Å². The van der Waals surface area contributed by atoms with Crippen molar-refractivity contribution in [3.63, 3.8) is 0 Å². The van der Waals surface area contributed by atoms with E-state index in [-0.39, 0.29) is 0 Å². The van der Waals surface area contributed by atoms with Crippen molar-refractivity contribution in [3.05, 3.63) is 0 Å². The van der Waals surface area contributed by atoms with Crippen LogP contribution in [0.3, 0.4) is 0 Å². The number of hydrogen-bond acceptors (Lipinski definition) is 3. The van der Waals surface area contributed by atoms with Crippen molar-refractivity contribution in [2.75, 3.05) is 25.1 Å². The maximum atomic E-state index is 11.1. The van der Waals surface area contributed by atoms with Crippen molar-refractivity contribution in [1.29, 1.82) is 0 Å². The number of hydrogen-bond donors (Lipinski definition) is 1. The molecule has 0 aromatic heterocycles. The molecule has 4 heteroatoms. The normalized spacial score (nSPS) is 14.2. The molecule has 1 unspecified atom stereocenters. The molecule has 3 nitrogen and oxygen atoms in total. The van der Waals surface area contributed by atoms with E-state index < -0.39 is 9.84 Å². The number of rotatable bonds is 10. The molecule has 104 valence electrons. The fourth-order valence-electron chi connectivity index (χ4n) is 1.97. The van der Waals surface area contributed by atoms with Gasteiger partial charge in [0.1, 0.15) is 9.84 Å². The molecule has 0 aliphatic rings. The Labute approximate surface area is 107 Å². The minimum absolute atomic E-state index is 0.331. The van der Waals surface area contributed by atoms with Gasteiger partial charge in [-0.2, -0.15) is 0 Å². The van der Waals surface area contributed by atoms with E-state index in [0.717, 1.165) is 25.9 Å². The van der Waals surface area contributed by atoms with Crippen LogP contribution in [-0.2, 0) is 9.84 Å². The van der Waals surface area contributed by atoms with Gasteiger partial charge in [-0.15, -0.1) is 0 Å². The first-order valence-corrected chi connectivity index (χ1v) is 8.79. The van der Waals surface area contributed by atoms with Crippen LogP contribution in [0.25, 0.3) is 0 Å². The van der Waals surface area contributed by atoms with Gasteiger partial charge in [0, 0.05) is 12.0 Å². The van der Waals surface area contributed by atoms with E-state index in [4.69, 9.17) is 0 Å². The van der Waals surface area contributed by atoms with E-state index in [1.165, 1.54) is 19.1 Å². The van der Waals surface area contributed by atoms with Gasteiger partial charge in [0.25, 0.3) is 0 Å². The van der Waals surface area contributed by atoms with Crippen LogP contribution >= 0.6 is 0 Å². The van der Waals surface area contributed by atoms with Gasteiger partial charge in [-0.05, 0) is 44.2 Å². The molecule has 0 aliphatic carbocycles. The van der Waals surface area contributed by atoms with E-state index >= 15 is 0 Å². The van der Waals surface area contributed by atoms with Crippen molar-refractivity contribution in [2.24, 2.45) is 11.8 Å². The van der Waals surface area contributed by atoms with Gasteiger partial charge in [0.05, 0.1) is 0 Å². The second kappa shape index (κ2) is 8.92. The van der Waals surface area contributed by atoms with Gasteiger partial charge in [-0.1, -0.05) is 27.2 Å². The van der Waals surface area contributed by atoms with E-state index in [2.05, 4.69) is 26.1 Å². The van der Waals surface area contributed by atoms with E-state index in [1.807, 2.05) is 0 Å². The molecule has 0 heterocycles. The molecule has 0 aromatic rings. The van der Waals surface area contributed by atoms with E-state index in [1.54, 1.807) is 0 Å². The number of sulfone groups is 1. The fraction of sp³-hybridized carbons (Fsp3) is 1.00. The molecule has 17 heavy (non-hydrogen) atoms. The quantitative estimate of drug-likeness (QED) is 0.658. The third-order valence-electron chi connectivity index (χ3n) is 2.81. The molecule has 0 spiro atoms. The highest BCUT2D eigenvalue weighted by molar-refractivity contribution is 7.90. The minimum atomic E-state index is -2.79. The Balaban J connectivity index is 3.81. The Kier molecular flexibility index (Phi) is 8.88. The first-order valence-electron chi connectivity index (χ1n) is 6.73. The van der Waals surface area contributed by atoms with E-state index in [0.29, 0.717) is 17.6 Å². The largest absolute Gasteiger partial charge is 0.316 e. The first kappa shape index (κ1) is 16.9.